The van der Waals surface area contributed by atoms with E-state index in [9.17, 15) is 14.4 Å². The normalized spacial score (nSPS) is 17.4. The molecule has 0 radical (unpaired) electrons. The van der Waals surface area contributed by atoms with E-state index in [1.807, 2.05) is 56.5 Å². The van der Waals surface area contributed by atoms with Crippen molar-refractivity contribution in [1.82, 2.24) is 10.2 Å². The lowest BCUT2D eigenvalue weighted by Gasteiger charge is -2.25. The van der Waals surface area contributed by atoms with Crippen molar-refractivity contribution in [2.75, 3.05) is 11.9 Å². The lowest BCUT2D eigenvalue weighted by atomic mass is 9.99. The molecule has 8 heteroatoms. The van der Waals surface area contributed by atoms with Gasteiger partial charge in [0.2, 0.25) is 5.91 Å². The van der Waals surface area contributed by atoms with Crippen LogP contribution < -0.4 is 10.6 Å². The Morgan fingerprint density at radius 1 is 1.09 bits per heavy atom. The van der Waals surface area contributed by atoms with E-state index in [4.69, 9.17) is 4.74 Å². The van der Waals surface area contributed by atoms with Crippen LogP contribution in [0, 0.1) is 12.8 Å². The molecule has 3 aromatic rings. The summed E-state index contributed by atoms with van der Waals surface area (Å²) in [5, 5.41) is 7.67. The van der Waals surface area contributed by atoms with Crippen LogP contribution in [0.4, 0.5) is 10.5 Å². The van der Waals surface area contributed by atoms with Crippen LogP contribution in [-0.4, -0.2) is 35.4 Å². The maximum Gasteiger partial charge on any atom is 0.411 e. The molecular weight excluding hydrogens is 462 g/mol. The zero-order valence-corrected chi connectivity index (χ0v) is 20.8. The van der Waals surface area contributed by atoms with Gasteiger partial charge in [0.15, 0.2) is 12.1 Å². The molecule has 1 fully saturated rings. The molecule has 0 spiro atoms. The molecule has 1 aliphatic heterocycles. The Balaban J connectivity index is 1.60. The topological polar surface area (TPSA) is 87.7 Å². The van der Waals surface area contributed by atoms with E-state index < -0.39 is 18.2 Å². The lowest BCUT2D eigenvalue weighted by molar-refractivity contribution is -0.126. The van der Waals surface area contributed by atoms with E-state index in [0.717, 1.165) is 11.1 Å². The van der Waals surface area contributed by atoms with Crippen molar-refractivity contribution in [2.24, 2.45) is 5.92 Å². The van der Waals surface area contributed by atoms with E-state index in [1.54, 1.807) is 30.3 Å². The van der Waals surface area contributed by atoms with E-state index >= 15 is 0 Å². The molecular formula is C27H29N3O4S. The summed E-state index contributed by atoms with van der Waals surface area (Å²) in [6.07, 6.45) is -1.35. The van der Waals surface area contributed by atoms with Gasteiger partial charge >= 0.3 is 6.09 Å². The van der Waals surface area contributed by atoms with Crippen LogP contribution in [0.1, 0.15) is 46.3 Å². The van der Waals surface area contributed by atoms with E-state index in [2.05, 4.69) is 10.6 Å². The number of thiophene rings is 1. The molecule has 0 unspecified atom stereocenters. The van der Waals surface area contributed by atoms with Crippen molar-refractivity contribution >= 4 is 34.9 Å². The quantitative estimate of drug-likeness (QED) is 0.457. The number of hydrogen-bond acceptors (Lipinski definition) is 5. The highest BCUT2D eigenvalue weighted by molar-refractivity contribution is 7.12. The van der Waals surface area contributed by atoms with Crippen LogP contribution in [-0.2, 0) is 16.1 Å². The summed E-state index contributed by atoms with van der Waals surface area (Å²) in [4.78, 5) is 40.8. The monoisotopic (exact) mass is 491 g/mol. The average molecular weight is 492 g/mol. The molecule has 0 aliphatic carbocycles. The van der Waals surface area contributed by atoms with Gasteiger partial charge in [0.1, 0.15) is 0 Å². The molecule has 7 nitrogen and oxygen atoms in total. The number of carbonyl (C=O) groups excluding carboxylic acids is 3. The molecule has 4 rings (SSSR count). The Morgan fingerprint density at radius 2 is 1.86 bits per heavy atom. The minimum absolute atomic E-state index is 0.215. The lowest BCUT2D eigenvalue weighted by Crippen LogP contribution is -2.47. The predicted molar refractivity (Wildman–Crippen MR) is 136 cm³/mol. The fourth-order valence-corrected chi connectivity index (χ4v) is 4.52. The molecule has 3 amide bonds. The number of benzene rings is 2. The molecule has 2 heterocycles. The number of nitrogens with one attached hydrogen (secondary N) is 2. The standard InChI is InChI=1S/C27H29N3O4S/c1-17(2)15-28-26(32)23-24(34-27(33)30(23)16-19-11-9-18(3)10-12-19)20-6-4-7-21(14-20)29-25(31)22-8-5-13-35-22/h4-14,17,23-24H,15-16H2,1-3H3,(H,28,32)(H,29,31)/t23-,24-/m0/s1. The molecule has 1 aromatic heterocycles. The third-order valence-corrected chi connectivity index (χ3v) is 6.60. The number of rotatable bonds is 8. The molecule has 2 aromatic carbocycles. The van der Waals surface area contributed by atoms with E-state index in [1.165, 1.54) is 16.2 Å². The first-order valence-corrected chi connectivity index (χ1v) is 12.4. The average Bonchev–Trinajstić information content (AvgIpc) is 3.48. The summed E-state index contributed by atoms with van der Waals surface area (Å²) >= 11 is 1.35. The predicted octanol–water partition coefficient (Wildman–Crippen LogP) is 5.14. The highest BCUT2D eigenvalue weighted by Crippen LogP contribution is 2.35. The highest BCUT2D eigenvalue weighted by Gasteiger charge is 2.47. The molecule has 35 heavy (non-hydrogen) atoms. The van der Waals surface area contributed by atoms with Gasteiger partial charge in [-0.2, -0.15) is 0 Å². The molecule has 2 atom stereocenters. The minimum Gasteiger partial charge on any atom is -0.438 e. The van der Waals surface area contributed by atoms with Gasteiger partial charge in [0.05, 0.1) is 11.4 Å². The molecule has 2 N–H and O–H groups in total. The van der Waals surface area contributed by atoms with Gasteiger partial charge in [0, 0.05) is 12.2 Å². The number of hydrogen-bond donors (Lipinski definition) is 2. The van der Waals surface area contributed by atoms with Gasteiger partial charge in [-0.1, -0.05) is 61.9 Å². The number of carbonyl (C=O) groups is 3. The summed E-state index contributed by atoms with van der Waals surface area (Å²) in [6, 6.07) is 17.7. The maximum atomic E-state index is 13.3. The smallest absolute Gasteiger partial charge is 0.411 e. The molecule has 1 saturated heterocycles. The van der Waals surface area contributed by atoms with Crippen molar-refractivity contribution in [2.45, 2.75) is 39.5 Å². The van der Waals surface area contributed by atoms with E-state index in [0.29, 0.717) is 22.7 Å². The number of anilines is 1. The fraction of sp³-hybridized carbons (Fsp3) is 0.296. The Labute approximate surface area is 209 Å². The van der Waals surface area contributed by atoms with Crippen molar-refractivity contribution in [3.8, 4) is 0 Å². The number of ether oxygens (including phenoxy) is 1. The Hall–Kier alpha value is -3.65. The Morgan fingerprint density at radius 3 is 2.54 bits per heavy atom. The fourth-order valence-electron chi connectivity index (χ4n) is 3.90. The van der Waals surface area contributed by atoms with Crippen LogP contribution in [0.15, 0.2) is 66.0 Å². The second-order valence-electron chi connectivity index (χ2n) is 9.06. The van der Waals surface area contributed by atoms with Gasteiger partial charge < -0.3 is 15.4 Å². The summed E-state index contributed by atoms with van der Waals surface area (Å²) in [5.41, 5.74) is 3.23. The Kier molecular flexibility index (Phi) is 7.51. The third-order valence-electron chi connectivity index (χ3n) is 5.73. The first kappa shape index (κ1) is 24.5. The van der Waals surface area contributed by atoms with E-state index in [-0.39, 0.29) is 24.3 Å². The van der Waals surface area contributed by atoms with Gasteiger partial charge in [-0.3, -0.25) is 14.5 Å². The van der Waals surface area contributed by atoms with Crippen molar-refractivity contribution < 1.29 is 19.1 Å². The third kappa shape index (κ3) is 5.89. The minimum atomic E-state index is -0.842. The van der Waals surface area contributed by atoms with Gasteiger partial charge in [0.25, 0.3) is 5.91 Å². The highest BCUT2D eigenvalue weighted by atomic mass is 32.1. The van der Waals surface area contributed by atoms with Crippen LogP contribution in [0.25, 0.3) is 0 Å². The summed E-state index contributed by atoms with van der Waals surface area (Å²) in [6.45, 7) is 6.77. The van der Waals surface area contributed by atoms with Crippen LogP contribution in [0.3, 0.4) is 0 Å². The van der Waals surface area contributed by atoms with Crippen LogP contribution in [0.2, 0.25) is 0 Å². The Bertz CT molecular complexity index is 1190. The molecule has 0 bridgehead atoms. The van der Waals surface area contributed by atoms with Crippen molar-refractivity contribution in [3.05, 3.63) is 87.6 Å². The van der Waals surface area contributed by atoms with Gasteiger partial charge in [-0.05, 0) is 47.5 Å². The first-order chi connectivity index (χ1) is 16.8. The van der Waals surface area contributed by atoms with Crippen LogP contribution >= 0.6 is 11.3 Å². The van der Waals surface area contributed by atoms with Gasteiger partial charge in [-0.25, -0.2) is 4.79 Å². The number of cyclic esters (lactones) is 1. The largest absolute Gasteiger partial charge is 0.438 e. The molecule has 1 aliphatic rings. The first-order valence-electron chi connectivity index (χ1n) is 11.6. The number of nitrogens with zero attached hydrogens (tertiary/aromatic N) is 1. The SMILES string of the molecule is Cc1ccc(CN2C(=O)O[C@@H](c3cccc(NC(=O)c4cccs4)c3)[C@H]2C(=O)NCC(C)C)cc1. The molecule has 0 saturated carbocycles. The summed E-state index contributed by atoms with van der Waals surface area (Å²) in [7, 11) is 0. The number of aryl methyl sites for hydroxylation is 1. The van der Waals surface area contributed by atoms with Crippen molar-refractivity contribution in [3.63, 3.8) is 0 Å². The van der Waals surface area contributed by atoms with Crippen LogP contribution in [0.5, 0.6) is 0 Å². The zero-order chi connectivity index (χ0) is 24.9. The maximum absolute atomic E-state index is 13.3. The molecule has 182 valence electrons. The zero-order valence-electron chi connectivity index (χ0n) is 20.0. The summed E-state index contributed by atoms with van der Waals surface area (Å²) < 4.78 is 5.74. The number of amides is 3. The van der Waals surface area contributed by atoms with Crippen molar-refractivity contribution in [1.29, 1.82) is 0 Å². The van der Waals surface area contributed by atoms with Gasteiger partial charge in [-0.15, -0.1) is 11.3 Å². The summed E-state index contributed by atoms with van der Waals surface area (Å²) in [5.74, 6) is -0.223. The second-order valence-corrected chi connectivity index (χ2v) is 10.0. The second kappa shape index (κ2) is 10.7.